The summed E-state index contributed by atoms with van der Waals surface area (Å²) in [7, 11) is 0. The summed E-state index contributed by atoms with van der Waals surface area (Å²) in [5.41, 5.74) is 5.79. The summed E-state index contributed by atoms with van der Waals surface area (Å²) in [6.07, 6.45) is 11.2. The van der Waals surface area contributed by atoms with E-state index in [2.05, 4.69) is 48.6 Å². The minimum Gasteiger partial charge on any atom is -0.0795 e. The Balaban J connectivity index is 2.11. The lowest BCUT2D eigenvalue weighted by molar-refractivity contribution is 1.30. The highest BCUT2D eigenvalue weighted by molar-refractivity contribution is 5.93. The van der Waals surface area contributed by atoms with Crippen molar-refractivity contribution in [2.75, 3.05) is 0 Å². The lowest BCUT2D eigenvalue weighted by atomic mass is 9.96. The van der Waals surface area contributed by atoms with Gasteiger partial charge in [-0.3, -0.25) is 0 Å². The monoisotopic (exact) mass is 204 g/mol. The Bertz CT molecular complexity index is 657. The maximum Gasteiger partial charge on any atom is -0.00820 e. The van der Waals surface area contributed by atoms with Gasteiger partial charge in [0.1, 0.15) is 0 Å². The predicted octanol–water partition coefficient (Wildman–Crippen LogP) is 3.98. The van der Waals surface area contributed by atoms with E-state index in [4.69, 9.17) is 0 Å². The molecule has 0 amide bonds. The Morgan fingerprint density at radius 3 is 2.69 bits per heavy atom. The van der Waals surface area contributed by atoms with Gasteiger partial charge in [-0.1, -0.05) is 36.4 Å². The van der Waals surface area contributed by atoms with Crippen molar-refractivity contribution in [1.29, 1.82) is 0 Å². The van der Waals surface area contributed by atoms with E-state index >= 15 is 0 Å². The molecule has 16 heavy (non-hydrogen) atoms. The molecule has 0 aromatic heterocycles. The lowest BCUT2D eigenvalue weighted by Gasteiger charge is -2.08. The third kappa shape index (κ3) is 0.992. The first-order valence-corrected chi connectivity index (χ1v) is 5.83. The van der Waals surface area contributed by atoms with Gasteiger partial charge in [0.05, 0.1) is 0 Å². The predicted molar refractivity (Wildman–Crippen MR) is 69.4 cm³/mol. The number of allylic oxidation sites excluding steroid dienone is 2. The van der Waals surface area contributed by atoms with E-state index in [9.17, 15) is 0 Å². The molecule has 0 fully saturated rings. The van der Waals surface area contributed by atoms with Gasteiger partial charge in [0.15, 0.2) is 0 Å². The molecule has 2 aliphatic carbocycles. The molecule has 2 aromatic carbocycles. The fourth-order valence-corrected chi connectivity index (χ4v) is 2.85. The summed E-state index contributed by atoms with van der Waals surface area (Å²) in [5.74, 6) is 0. The fraction of sp³-hybridized carbons (Fsp3) is 0.125. The molecule has 0 nitrogen and oxygen atoms in total. The van der Waals surface area contributed by atoms with Gasteiger partial charge < -0.3 is 0 Å². The Hall–Kier alpha value is -1.82. The Morgan fingerprint density at radius 2 is 1.69 bits per heavy atom. The van der Waals surface area contributed by atoms with Crippen LogP contribution in [0.2, 0.25) is 0 Å². The quantitative estimate of drug-likeness (QED) is 0.609. The minimum atomic E-state index is 1.10. The van der Waals surface area contributed by atoms with Crippen molar-refractivity contribution in [2.45, 2.75) is 12.8 Å². The minimum absolute atomic E-state index is 1.10. The van der Waals surface area contributed by atoms with E-state index in [-0.39, 0.29) is 0 Å². The Kier molecular flexibility index (Phi) is 1.49. The topological polar surface area (TPSA) is 0 Å². The van der Waals surface area contributed by atoms with E-state index in [1.165, 1.54) is 33.0 Å². The standard InChI is InChI=1S/C16H12/c1-4-12-9-14-8-7-11-3-2-6-15(11)16(14)10-13(12)5-1/h1-4,7-10H,5-6H2. The second kappa shape index (κ2) is 2.85. The van der Waals surface area contributed by atoms with Gasteiger partial charge in [-0.25, -0.2) is 0 Å². The molecule has 0 saturated heterocycles. The number of benzene rings is 2. The lowest BCUT2D eigenvalue weighted by Crippen LogP contribution is -1.88. The van der Waals surface area contributed by atoms with Gasteiger partial charge in [-0.05, 0) is 58.0 Å². The maximum absolute atomic E-state index is 2.39. The van der Waals surface area contributed by atoms with Crippen LogP contribution in [-0.4, -0.2) is 0 Å². The first kappa shape index (κ1) is 8.35. The smallest absolute Gasteiger partial charge is 0.00820 e. The van der Waals surface area contributed by atoms with Gasteiger partial charge in [0, 0.05) is 0 Å². The summed E-state index contributed by atoms with van der Waals surface area (Å²) >= 11 is 0. The second-order valence-electron chi connectivity index (χ2n) is 4.62. The average molecular weight is 204 g/mol. The highest BCUT2D eigenvalue weighted by Crippen LogP contribution is 2.32. The molecule has 0 heterocycles. The molecule has 2 aliphatic rings. The van der Waals surface area contributed by atoms with Crippen LogP contribution < -0.4 is 0 Å². The molecule has 76 valence electrons. The van der Waals surface area contributed by atoms with E-state index in [1.807, 2.05) is 0 Å². The molecule has 0 saturated carbocycles. The summed E-state index contributed by atoms with van der Waals surface area (Å²) in [6.45, 7) is 0. The van der Waals surface area contributed by atoms with Gasteiger partial charge in [-0.15, -0.1) is 0 Å². The molecule has 0 atom stereocenters. The van der Waals surface area contributed by atoms with Crippen LogP contribution in [-0.2, 0) is 12.8 Å². The number of fused-ring (bicyclic) bond motifs is 4. The first-order chi connectivity index (χ1) is 7.92. The Labute approximate surface area is 94.9 Å². The number of hydrogen-bond acceptors (Lipinski definition) is 0. The maximum atomic E-state index is 2.39. The van der Waals surface area contributed by atoms with E-state index in [1.54, 1.807) is 0 Å². The average Bonchev–Trinajstić information content (AvgIpc) is 2.94. The zero-order valence-electron chi connectivity index (χ0n) is 9.03. The van der Waals surface area contributed by atoms with Crippen LogP contribution in [0.15, 0.2) is 36.4 Å². The largest absolute Gasteiger partial charge is 0.0795 e. The molecule has 0 radical (unpaired) electrons. The third-order valence-electron chi connectivity index (χ3n) is 3.68. The summed E-state index contributed by atoms with van der Waals surface area (Å²) in [5, 5.41) is 2.83. The fourth-order valence-electron chi connectivity index (χ4n) is 2.85. The molecule has 2 aromatic rings. The molecule has 0 unspecified atom stereocenters. The first-order valence-electron chi connectivity index (χ1n) is 5.83. The second-order valence-corrected chi connectivity index (χ2v) is 4.62. The molecular formula is C16H12. The van der Waals surface area contributed by atoms with Crippen molar-refractivity contribution in [2.24, 2.45) is 0 Å². The van der Waals surface area contributed by atoms with Crippen molar-refractivity contribution in [3.05, 3.63) is 58.7 Å². The van der Waals surface area contributed by atoms with Gasteiger partial charge in [0.2, 0.25) is 0 Å². The van der Waals surface area contributed by atoms with Crippen LogP contribution in [0.25, 0.3) is 22.9 Å². The molecule has 0 N–H and O–H groups in total. The Morgan fingerprint density at radius 1 is 0.812 bits per heavy atom. The summed E-state index contributed by atoms with van der Waals surface area (Å²) in [4.78, 5) is 0. The molecule has 0 spiro atoms. The van der Waals surface area contributed by atoms with E-state index in [0.29, 0.717) is 0 Å². The molecule has 0 bridgehead atoms. The van der Waals surface area contributed by atoms with Gasteiger partial charge in [-0.2, -0.15) is 0 Å². The van der Waals surface area contributed by atoms with Crippen LogP contribution in [0, 0.1) is 0 Å². The van der Waals surface area contributed by atoms with Crippen molar-refractivity contribution in [1.82, 2.24) is 0 Å². The van der Waals surface area contributed by atoms with E-state index in [0.717, 1.165) is 12.8 Å². The molecular weight excluding hydrogens is 192 g/mol. The highest BCUT2D eigenvalue weighted by Gasteiger charge is 2.12. The van der Waals surface area contributed by atoms with Crippen LogP contribution in [0.4, 0.5) is 0 Å². The summed E-state index contributed by atoms with van der Waals surface area (Å²) < 4.78 is 0. The SMILES string of the molecule is C1=Cc2cc3ccc4c(c3cc2C1)CC=C4. The highest BCUT2D eigenvalue weighted by atomic mass is 14.2. The number of rotatable bonds is 0. The van der Waals surface area contributed by atoms with Crippen molar-refractivity contribution < 1.29 is 0 Å². The normalized spacial score (nSPS) is 15.8. The van der Waals surface area contributed by atoms with Crippen LogP contribution >= 0.6 is 0 Å². The van der Waals surface area contributed by atoms with Crippen LogP contribution in [0.1, 0.15) is 22.3 Å². The van der Waals surface area contributed by atoms with Crippen molar-refractivity contribution >= 4 is 22.9 Å². The van der Waals surface area contributed by atoms with Gasteiger partial charge >= 0.3 is 0 Å². The number of hydrogen-bond donors (Lipinski definition) is 0. The zero-order chi connectivity index (χ0) is 10.5. The molecule has 4 rings (SSSR count). The zero-order valence-corrected chi connectivity index (χ0v) is 9.03. The van der Waals surface area contributed by atoms with Crippen molar-refractivity contribution in [3.8, 4) is 0 Å². The molecule has 0 heteroatoms. The van der Waals surface area contributed by atoms with Gasteiger partial charge in [0.25, 0.3) is 0 Å². The van der Waals surface area contributed by atoms with Crippen molar-refractivity contribution in [3.63, 3.8) is 0 Å². The van der Waals surface area contributed by atoms with Crippen LogP contribution in [0.3, 0.4) is 0 Å². The van der Waals surface area contributed by atoms with Crippen LogP contribution in [0.5, 0.6) is 0 Å². The summed E-state index contributed by atoms with van der Waals surface area (Å²) in [6, 6.07) is 9.20. The third-order valence-corrected chi connectivity index (χ3v) is 3.68. The molecule has 0 aliphatic heterocycles. The van der Waals surface area contributed by atoms with E-state index < -0.39 is 0 Å².